The molecule has 1 unspecified atom stereocenters. The van der Waals surface area contributed by atoms with Crippen molar-refractivity contribution in [2.45, 2.75) is 17.4 Å². The molecule has 0 radical (unpaired) electrons. The maximum absolute atomic E-state index is 12.9. The number of hydrogen-bond acceptors (Lipinski definition) is 7. The summed E-state index contributed by atoms with van der Waals surface area (Å²) in [6.45, 7) is 0.494. The number of aromatic nitrogens is 6. The molecule has 1 atom stereocenters. The number of aromatic amines is 1. The van der Waals surface area contributed by atoms with Crippen molar-refractivity contribution in [2.24, 2.45) is 0 Å². The number of fused-ring (bicyclic) bond motifs is 3. The molecule has 0 amide bonds. The van der Waals surface area contributed by atoms with Crippen molar-refractivity contribution in [3.63, 3.8) is 0 Å². The smallest absolute Gasteiger partial charge is 0.328 e. The Bertz CT molecular complexity index is 1720. The van der Waals surface area contributed by atoms with Gasteiger partial charge >= 0.3 is 5.69 Å². The number of hydrogen-bond donors (Lipinski definition) is 1. The van der Waals surface area contributed by atoms with Crippen LogP contribution in [0.4, 0.5) is 0 Å². The Morgan fingerprint density at radius 2 is 2.00 bits per heavy atom. The molecule has 1 N–H and O–H groups in total. The van der Waals surface area contributed by atoms with E-state index in [1.165, 1.54) is 18.5 Å². The Kier molecular flexibility index (Phi) is 4.18. The summed E-state index contributed by atoms with van der Waals surface area (Å²) in [6, 6.07) is 12.2. The predicted molar refractivity (Wildman–Crippen MR) is 121 cm³/mol. The number of benzene rings is 2. The summed E-state index contributed by atoms with van der Waals surface area (Å²) in [4.78, 5) is 29.4. The fraction of sp³-hybridized carbons (Fsp3) is 0.182. The van der Waals surface area contributed by atoms with E-state index in [-0.39, 0.29) is 16.6 Å². The molecule has 6 rings (SSSR count). The van der Waals surface area contributed by atoms with Crippen LogP contribution in [0.2, 0.25) is 0 Å². The minimum absolute atomic E-state index is 0.189. The summed E-state index contributed by atoms with van der Waals surface area (Å²) >= 11 is 0. The van der Waals surface area contributed by atoms with E-state index in [4.69, 9.17) is 9.72 Å². The van der Waals surface area contributed by atoms with E-state index in [1.807, 2.05) is 24.3 Å². The first-order valence-electron chi connectivity index (χ1n) is 10.3. The molecule has 0 aliphatic carbocycles. The number of sulfone groups is 1. The largest absolute Gasteiger partial charge is 0.493 e. The van der Waals surface area contributed by atoms with E-state index in [2.05, 4.69) is 15.0 Å². The minimum Gasteiger partial charge on any atom is -0.493 e. The molecule has 2 aromatic carbocycles. The lowest BCUT2D eigenvalue weighted by Gasteiger charge is -2.26. The van der Waals surface area contributed by atoms with Gasteiger partial charge in [0.25, 0.3) is 0 Å². The van der Waals surface area contributed by atoms with Crippen LogP contribution in [0.1, 0.15) is 18.0 Å². The van der Waals surface area contributed by atoms with Gasteiger partial charge in [-0.05, 0) is 24.3 Å². The summed E-state index contributed by atoms with van der Waals surface area (Å²) in [5.74, 6) is 1.08. The minimum atomic E-state index is -3.35. The maximum atomic E-state index is 12.9. The summed E-state index contributed by atoms with van der Waals surface area (Å²) in [7, 11) is -3.35. The molecule has 0 bridgehead atoms. The van der Waals surface area contributed by atoms with Gasteiger partial charge in [-0.3, -0.25) is 9.13 Å². The third-order valence-electron chi connectivity index (χ3n) is 5.85. The van der Waals surface area contributed by atoms with E-state index >= 15 is 0 Å². The lowest BCUT2D eigenvalue weighted by molar-refractivity contribution is 0.256. The van der Waals surface area contributed by atoms with E-state index in [0.717, 1.165) is 17.6 Å². The Balaban J connectivity index is 1.51. The van der Waals surface area contributed by atoms with Gasteiger partial charge in [0.2, 0.25) is 5.95 Å². The maximum Gasteiger partial charge on any atom is 0.328 e. The van der Waals surface area contributed by atoms with Crippen molar-refractivity contribution >= 4 is 32.0 Å². The lowest BCUT2D eigenvalue weighted by atomic mass is 10.0. The highest BCUT2D eigenvalue weighted by molar-refractivity contribution is 7.90. The topological polar surface area (TPSA) is 125 Å². The average Bonchev–Trinajstić information content (AvgIpc) is 3.37. The van der Waals surface area contributed by atoms with Crippen LogP contribution in [0.15, 0.2) is 64.7 Å². The van der Waals surface area contributed by atoms with Gasteiger partial charge < -0.3 is 9.72 Å². The molecule has 0 spiro atoms. The second kappa shape index (κ2) is 7.01. The van der Waals surface area contributed by atoms with E-state index < -0.39 is 9.84 Å². The molecule has 166 valence electrons. The van der Waals surface area contributed by atoms with Crippen LogP contribution in [0.25, 0.3) is 28.1 Å². The molecule has 0 fully saturated rings. The predicted octanol–water partition coefficient (Wildman–Crippen LogP) is 2.23. The average molecular weight is 462 g/mol. The Labute approximate surface area is 187 Å². The number of H-pyrrole nitrogens is 1. The van der Waals surface area contributed by atoms with Gasteiger partial charge in [0, 0.05) is 18.2 Å². The third-order valence-corrected chi connectivity index (χ3v) is 6.96. The Hall–Kier alpha value is -3.99. The molecule has 1 aliphatic heterocycles. The fourth-order valence-corrected chi connectivity index (χ4v) is 4.93. The number of nitrogens with one attached hydrogen (secondary N) is 1. The molecule has 0 saturated carbocycles. The summed E-state index contributed by atoms with van der Waals surface area (Å²) in [6.07, 6.45) is 4.89. The number of rotatable bonds is 3. The first kappa shape index (κ1) is 19.7. The molecular weight excluding hydrogens is 444 g/mol. The van der Waals surface area contributed by atoms with E-state index in [1.54, 1.807) is 21.4 Å². The summed E-state index contributed by atoms with van der Waals surface area (Å²) in [5.41, 5.74) is 2.81. The van der Waals surface area contributed by atoms with Crippen LogP contribution in [-0.4, -0.2) is 50.4 Å². The lowest BCUT2D eigenvalue weighted by Crippen LogP contribution is -2.28. The van der Waals surface area contributed by atoms with E-state index in [0.29, 0.717) is 41.2 Å². The Morgan fingerprint density at radius 3 is 2.85 bits per heavy atom. The van der Waals surface area contributed by atoms with Gasteiger partial charge in [-0.15, -0.1) is 0 Å². The molecule has 5 aromatic rings. The number of nitrogens with zero attached hydrogens (tertiary/aromatic N) is 5. The molecule has 10 nitrogen and oxygen atoms in total. The van der Waals surface area contributed by atoms with Crippen LogP contribution in [0.3, 0.4) is 0 Å². The van der Waals surface area contributed by atoms with Crippen LogP contribution in [-0.2, 0) is 9.84 Å². The highest BCUT2D eigenvalue weighted by atomic mass is 32.2. The number of para-hydroxylation sites is 1. The zero-order valence-corrected chi connectivity index (χ0v) is 18.3. The van der Waals surface area contributed by atoms with Crippen LogP contribution >= 0.6 is 0 Å². The van der Waals surface area contributed by atoms with Crippen molar-refractivity contribution in [1.29, 1.82) is 0 Å². The zero-order chi connectivity index (χ0) is 22.7. The highest BCUT2D eigenvalue weighted by Crippen LogP contribution is 2.35. The standard InChI is InChI=1S/C22H18N6O4S/c1-33(30,31)13-6-7-18-15(10-13)24-12-27(18)21-23-11-16-20(26-21)28(22(29)25-16)17-8-9-32-19-5-3-2-4-14(17)19/h2-7,10-12,17H,8-9H2,1H3,(H,25,29). The molecule has 0 saturated heterocycles. The normalized spacial score (nSPS) is 16.1. The van der Waals surface area contributed by atoms with Gasteiger partial charge in [0.15, 0.2) is 15.5 Å². The van der Waals surface area contributed by atoms with Crippen molar-refractivity contribution < 1.29 is 13.2 Å². The van der Waals surface area contributed by atoms with Gasteiger partial charge in [0.1, 0.15) is 17.6 Å². The second-order valence-electron chi connectivity index (χ2n) is 7.94. The van der Waals surface area contributed by atoms with Crippen molar-refractivity contribution in [3.8, 4) is 11.7 Å². The second-order valence-corrected chi connectivity index (χ2v) is 9.95. The first-order valence-corrected chi connectivity index (χ1v) is 12.2. The van der Waals surface area contributed by atoms with Crippen LogP contribution < -0.4 is 10.4 Å². The monoisotopic (exact) mass is 462 g/mol. The van der Waals surface area contributed by atoms with Gasteiger partial charge in [-0.1, -0.05) is 18.2 Å². The first-order chi connectivity index (χ1) is 15.9. The van der Waals surface area contributed by atoms with Gasteiger partial charge in [-0.25, -0.2) is 23.2 Å². The van der Waals surface area contributed by atoms with Crippen LogP contribution in [0.5, 0.6) is 5.75 Å². The zero-order valence-electron chi connectivity index (χ0n) is 17.5. The Morgan fingerprint density at radius 1 is 1.15 bits per heavy atom. The number of imidazole rings is 2. The van der Waals surface area contributed by atoms with Crippen LogP contribution in [0, 0.1) is 0 Å². The van der Waals surface area contributed by atoms with Crippen molar-refractivity contribution in [3.05, 3.63) is 71.0 Å². The third kappa shape index (κ3) is 3.11. The van der Waals surface area contributed by atoms with Crippen molar-refractivity contribution in [1.82, 2.24) is 29.1 Å². The van der Waals surface area contributed by atoms with Gasteiger partial charge in [0.05, 0.1) is 34.8 Å². The molecule has 4 heterocycles. The quantitative estimate of drug-likeness (QED) is 0.436. The summed E-state index contributed by atoms with van der Waals surface area (Å²) < 4.78 is 32.8. The van der Waals surface area contributed by atoms with Gasteiger partial charge in [-0.2, -0.15) is 4.98 Å². The molecule has 33 heavy (non-hydrogen) atoms. The molecule has 1 aliphatic rings. The molecular formula is C22H18N6O4S. The van der Waals surface area contributed by atoms with Crippen molar-refractivity contribution in [2.75, 3.05) is 12.9 Å². The number of ether oxygens (including phenoxy) is 1. The highest BCUT2D eigenvalue weighted by Gasteiger charge is 2.27. The molecule has 11 heteroatoms. The summed E-state index contributed by atoms with van der Waals surface area (Å²) in [5, 5.41) is 0. The molecule has 3 aromatic heterocycles. The van der Waals surface area contributed by atoms with E-state index in [9.17, 15) is 13.2 Å². The SMILES string of the molecule is CS(=O)(=O)c1ccc2c(c1)ncn2-c1ncc2[nH]c(=O)n(C3CCOc4ccccc43)c2n1. The fourth-order valence-electron chi connectivity index (χ4n) is 4.29.